The van der Waals surface area contributed by atoms with Crippen LogP contribution in [0.2, 0.25) is 0 Å². The van der Waals surface area contributed by atoms with Crippen LogP contribution >= 0.6 is 0 Å². The van der Waals surface area contributed by atoms with Gasteiger partial charge in [0.15, 0.2) is 0 Å². The molecule has 2 heterocycles. The zero-order valence-corrected chi connectivity index (χ0v) is 24.6. The topological polar surface area (TPSA) is 149 Å². The Morgan fingerprint density at radius 2 is 1.45 bits per heavy atom. The lowest BCUT2D eigenvalue weighted by atomic mass is 10.0. The number of carbonyl (C=O) groups is 4. The van der Waals surface area contributed by atoms with Gasteiger partial charge in [-0.05, 0) is 56.0 Å². The van der Waals surface area contributed by atoms with E-state index in [9.17, 15) is 9.59 Å². The van der Waals surface area contributed by atoms with Crippen LogP contribution in [0, 0.1) is 13.8 Å². The summed E-state index contributed by atoms with van der Waals surface area (Å²) in [5.74, 6) is -1.95. The van der Waals surface area contributed by atoms with E-state index in [2.05, 4.69) is 15.1 Å². The van der Waals surface area contributed by atoms with Crippen molar-refractivity contribution in [3.8, 4) is 11.5 Å². The molecule has 12 nitrogen and oxygen atoms in total. The minimum Gasteiger partial charge on any atom is -0.497 e. The summed E-state index contributed by atoms with van der Waals surface area (Å²) in [5.41, 5.74) is 4.04. The maximum atomic E-state index is 13.3. The largest absolute Gasteiger partial charge is 0.497 e. The van der Waals surface area contributed by atoms with Gasteiger partial charge in [-0.25, -0.2) is 9.59 Å². The lowest BCUT2D eigenvalue weighted by Gasteiger charge is -2.35. The van der Waals surface area contributed by atoms with Gasteiger partial charge in [0, 0.05) is 44.0 Å². The molecule has 2 fully saturated rings. The Morgan fingerprint density at radius 3 is 2.00 bits per heavy atom. The number of methoxy groups -OCH3 is 2. The van der Waals surface area contributed by atoms with E-state index >= 15 is 0 Å². The zero-order chi connectivity index (χ0) is 30.8. The molecule has 2 aromatic carbocycles. The van der Waals surface area contributed by atoms with Crippen molar-refractivity contribution in [3.63, 3.8) is 0 Å². The molecule has 2 aliphatic rings. The minimum atomic E-state index is -1.82. The summed E-state index contributed by atoms with van der Waals surface area (Å²) in [6, 6.07) is 11.8. The number of rotatable bonds is 8. The Hall–Kier alpha value is -4.16. The number of anilines is 1. The first-order valence-corrected chi connectivity index (χ1v) is 13.8. The average molecular weight is 585 g/mol. The fourth-order valence-electron chi connectivity index (χ4n) is 5.27. The van der Waals surface area contributed by atoms with Crippen molar-refractivity contribution in [2.75, 3.05) is 65.3 Å². The highest BCUT2D eigenvalue weighted by atomic mass is 16.5. The maximum absolute atomic E-state index is 13.3. The predicted octanol–water partition coefficient (Wildman–Crippen LogP) is 2.40. The highest BCUT2D eigenvalue weighted by Crippen LogP contribution is 2.39. The van der Waals surface area contributed by atoms with Crippen molar-refractivity contribution in [1.29, 1.82) is 0 Å². The number of aliphatic carboxylic acids is 2. The smallest absolute Gasteiger partial charge is 0.414 e. The van der Waals surface area contributed by atoms with Gasteiger partial charge in [-0.2, -0.15) is 0 Å². The van der Waals surface area contributed by atoms with E-state index in [1.54, 1.807) is 14.2 Å². The zero-order valence-electron chi connectivity index (χ0n) is 24.6. The van der Waals surface area contributed by atoms with E-state index in [0.717, 1.165) is 79.4 Å². The molecule has 1 unspecified atom stereocenters. The van der Waals surface area contributed by atoms with Crippen LogP contribution in [0.15, 0.2) is 36.4 Å². The molecule has 4 rings (SSSR count). The summed E-state index contributed by atoms with van der Waals surface area (Å²) in [7, 11) is 3.31. The molecule has 0 aromatic heterocycles. The number of hydrogen-bond acceptors (Lipinski definition) is 8. The monoisotopic (exact) mass is 584 g/mol. The van der Waals surface area contributed by atoms with Crippen LogP contribution in [0.4, 0.5) is 5.69 Å². The number of ether oxygens (including phenoxy) is 2. The van der Waals surface area contributed by atoms with Gasteiger partial charge in [-0.3, -0.25) is 19.4 Å². The maximum Gasteiger partial charge on any atom is 0.414 e. The number of para-hydroxylation sites is 1. The minimum absolute atomic E-state index is 0.00238. The first kappa shape index (κ1) is 32.4. The molecular formula is C30H40N4O8. The van der Waals surface area contributed by atoms with E-state index in [1.165, 1.54) is 0 Å². The third-order valence-electron chi connectivity index (χ3n) is 7.49. The summed E-state index contributed by atoms with van der Waals surface area (Å²) in [5, 5.41) is 17.9. The lowest BCUT2D eigenvalue weighted by molar-refractivity contribution is -0.159. The number of piperazine rings is 1. The molecule has 42 heavy (non-hydrogen) atoms. The number of nitrogens with one attached hydrogen (secondary N) is 1. The molecule has 0 aliphatic carbocycles. The summed E-state index contributed by atoms with van der Waals surface area (Å²) >= 11 is 0. The van der Waals surface area contributed by atoms with E-state index in [-0.39, 0.29) is 17.9 Å². The second-order valence-electron chi connectivity index (χ2n) is 10.3. The number of carbonyl (C=O) groups excluding carboxylic acids is 2. The SMILES string of the molecule is COc1ccc(OC)c(C2CCCN2C(=O)CN2CCN(CC(=O)Nc3c(C)cccc3C)CC2)c1.O=C(O)C(=O)O. The summed E-state index contributed by atoms with van der Waals surface area (Å²) in [4.78, 5) is 50.5. The molecule has 2 aromatic rings. The van der Waals surface area contributed by atoms with Gasteiger partial charge < -0.3 is 29.9 Å². The van der Waals surface area contributed by atoms with Gasteiger partial charge in [0.2, 0.25) is 11.8 Å². The second kappa shape index (κ2) is 15.2. The van der Waals surface area contributed by atoms with Crippen LogP contribution in [-0.4, -0.2) is 109 Å². The molecule has 0 spiro atoms. The number of nitrogens with zero attached hydrogens (tertiary/aromatic N) is 3. The van der Waals surface area contributed by atoms with Crippen molar-refractivity contribution < 1.29 is 38.9 Å². The van der Waals surface area contributed by atoms with Crippen molar-refractivity contribution >= 4 is 29.4 Å². The van der Waals surface area contributed by atoms with Gasteiger partial charge in [0.1, 0.15) is 11.5 Å². The highest BCUT2D eigenvalue weighted by Gasteiger charge is 2.33. The van der Waals surface area contributed by atoms with Crippen molar-refractivity contribution in [2.45, 2.75) is 32.7 Å². The van der Waals surface area contributed by atoms with Gasteiger partial charge in [-0.15, -0.1) is 0 Å². The van der Waals surface area contributed by atoms with Crippen LogP contribution in [0.3, 0.4) is 0 Å². The number of carboxylic acid groups (broad SMARTS) is 2. The van der Waals surface area contributed by atoms with E-state index in [1.807, 2.05) is 55.1 Å². The van der Waals surface area contributed by atoms with Crippen LogP contribution in [0.5, 0.6) is 11.5 Å². The predicted molar refractivity (Wildman–Crippen MR) is 156 cm³/mol. The first-order valence-electron chi connectivity index (χ1n) is 13.8. The molecular weight excluding hydrogens is 544 g/mol. The quantitative estimate of drug-likeness (QED) is 0.395. The Morgan fingerprint density at radius 1 is 0.857 bits per heavy atom. The highest BCUT2D eigenvalue weighted by molar-refractivity contribution is 6.27. The summed E-state index contributed by atoms with van der Waals surface area (Å²) in [6.07, 6.45) is 1.89. The molecule has 2 aliphatic heterocycles. The third kappa shape index (κ3) is 8.67. The van der Waals surface area contributed by atoms with Crippen molar-refractivity contribution in [2.24, 2.45) is 0 Å². The molecule has 0 bridgehead atoms. The van der Waals surface area contributed by atoms with Crippen molar-refractivity contribution in [1.82, 2.24) is 14.7 Å². The average Bonchev–Trinajstić information content (AvgIpc) is 3.46. The Bertz CT molecular complexity index is 1240. The fourth-order valence-corrected chi connectivity index (χ4v) is 5.27. The van der Waals surface area contributed by atoms with E-state index < -0.39 is 11.9 Å². The Balaban J connectivity index is 0.000000730. The normalized spacial score (nSPS) is 17.1. The Labute approximate surface area is 245 Å². The molecule has 0 saturated carbocycles. The van der Waals surface area contributed by atoms with Crippen molar-refractivity contribution in [3.05, 3.63) is 53.1 Å². The molecule has 12 heteroatoms. The number of amides is 2. The number of likely N-dealkylation sites (tertiary alicyclic amines) is 1. The standard InChI is InChI=1S/C28H38N4O4.C2H2O4/c1-20-7-5-8-21(2)28(20)29-26(33)18-30-13-15-31(16-14-30)19-27(34)32-12-6-9-24(32)23-17-22(35-3)10-11-25(23)36-4;3-1(4)2(5)6/h5,7-8,10-11,17,24H,6,9,12-16,18-19H2,1-4H3,(H,29,33);(H,3,4)(H,5,6). The summed E-state index contributed by atoms with van der Waals surface area (Å²) in [6.45, 7) is 8.59. The Kier molecular flexibility index (Phi) is 11.7. The van der Waals surface area contributed by atoms with Crippen LogP contribution in [0.1, 0.15) is 35.6 Å². The van der Waals surface area contributed by atoms with E-state index in [0.29, 0.717) is 13.1 Å². The number of aryl methyl sites for hydroxylation is 2. The molecule has 2 saturated heterocycles. The lowest BCUT2D eigenvalue weighted by Crippen LogP contribution is -2.51. The van der Waals surface area contributed by atoms with E-state index in [4.69, 9.17) is 29.3 Å². The number of hydrogen-bond donors (Lipinski definition) is 3. The molecule has 2 amide bonds. The molecule has 0 radical (unpaired) electrons. The third-order valence-corrected chi connectivity index (χ3v) is 7.49. The number of carboxylic acids is 2. The van der Waals surface area contributed by atoms with Gasteiger partial charge in [0.25, 0.3) is 0 Å². The van der Waals surface area contributed by atoms with Gasteiger partial charge in [-0.1, -0.05) is 18.2 Å². The van der Waals surface area contributed by atoms with Gasteiger partial charge >= 0.3 is 11.9 Å². The second-order valence-corrected chi connectivity index (χ2v) is 10.3. The summed E-state index contributed by atoms with van der Waals surface area (Å²) < 4.78 is 11.0. The molecule has 1 atom stereocenters. The fraction of sp³-hybridized carbons (Fsp3) is 0.467. The van der Waals surface area contributed by atoms with Crippen LogP contribution < -0.4 is 14.8 Å². The number of benzene rings is 2. The van der Waals surface area contributed by atoms with Crippen LogP contribution in [0.25, 0.3) is 0 Å². The van der Waals surface area contributed by atoms with Gasteiger partial charge in [0.05, 0.1) is 33.4 Å². The molecule has 228 valence electrons. The first-order chi connectivity index (χ1) is 20.0. The van der Waals surface area contributed by atoms with Crippen LogP contribution in [-0.2, 0) is 19.2 Å². The molecule has 3 N–H and O–H groups in total.